The number of carboxylic acids is 1. The van der Waals surface area contributed by atoms with Gasteiger partial charge in [-0.2, -0.15) is 5.01 Å². The predicted molar refractivity (Wildman–Crippen MR) is 75.6 cm³/mol. The third kappa shape index (κ3) is 1.95. The first-order valence-electron chi connectivity index (χ1n) is 6.49. The van der Waals surface area contributed by atoms with Crippen LogP contribution in [0.4, 0.5) is 0 Å². The van der Waals surface area contributed by atoms with E-state index in [0.717, 1.165) is 5.01 Å². The number of methoxy groups -OCH3 is 1. The summed E-state index contributed by atoms with van der Waals surface area (Å²) in [5.41, 5.74) is 0.841. The topological polar surface area (TPSA) is 88.8 Å². The van der Waals surface area contributed by atoms with Crippen molar-refractivity contribution in [1.29, 1.82) is 0 Å². The minimum atomic E-state index is -1.07. The second-order valence-electron chi connectivity index (χ2n) is 4.72. The maximum Gasteiger partial charge on any atom is 0.309 e. The highest BCUT2D eigenvalue weighted by Gasteiger charge is 2.38. The summed E-state index contributed by atoms with van der Waals surface area (Å²) in [6.45, 7) is 0. The molecule has 2 heterocycles. The second kappa shape index (κ2) is 5.03. The van der Waals surface area contributed by atoms with E-state index in [4.69, 9.17) is 9.84 Å². The summed E-state index contributed by atoms with van der Waals surface area (Å²) in [7, 11) is 1.38. The molecule has 2 aromatic rings. The number of fused-ring (bicyclic) bond motifs is 1. The zero-order chi connectivity index (χ0) is 15.9. The van der Waals surface area contributed by atoms with Crippen LogP contribution in [0.25, 0.3) is 0 Å². The molecule has 7 nitrogen and oxygen atoms in total. The molecule has 2 amide bonds. The van der Waals surface area contributed by atoms with Gasteiger partial charge in [0.15, 0.2) is 0 Å². The first-order valence-corrected chi connectivity index (χ1v) is 6.49. The molecule has 1 aromatic carbocycles. The minimum Gasteiger partial charge on any atom is -0.481 e. The second-order valence-corrected chi connectivity index (χ2v) is 4.72. The lowest BCUT2D eigenvalue weighted by atomic mass is 10.1. The van der Waals surface area contributed by atoms with Gasteiger partial charge >= 0.3 is 5.97 Å². The molecule has 0 spiro atoms. The van der Waals surface area contributed by atoms with Crippen molar-refractivity contribution in [1.82, 2.24) is 4.68 Å². The van der Waals surface area contributed by atoms with Crippen LogP contribution in [-0.2, 0) is 11.2 Å². The monoisotopic (exact) mass is 300 g/mol. The first-order chi connectivity index (χ1) is 10.5. The summed E-state index contributed by atoms with van der Waals surface area (Å²) in [4.78, 5) is 36.0. The molecule has 0 saturated heterocycles. The van der Waals surface area contributed by atoms with Gasteiger partial charge in [-0.1, -0.05) is 12.1 Å². The molecule has 0 unspecified atom stereocenters. The highest BCUT2D eigenvalue weighted by Crippen LogP contribution is 2.26. The summed E-state index contributed by atoms with van der Waals surface area (Å²) < 4.78 is 6.35. The van der Waals surface area contributed by atoms with Gasteiger partial charge in [-0.15, -0.1) is 0 Å². The van der Waals surface area contributed by atoms with Gasteiger partial charge in [-0.05, 0) is 18.2 Å². The van der Waals surface area contributed by atoms with Crippen molar-refractivity contribution >= 4 is 17.8 Å². The molecular formula is C15H12N2O5. The molecule has 22 heavy (non-hydrogen) atoms. The Morgan fingerprint density at radius 1 is 1.09 bits per heavy atom. The van der Waals surface area contributed by atoms with Crippen molar-refractivity contribution in [2.75, 3.05) is 12.1 Å². The molecule has 1 N–H and O–H groups in total. The van der Waals surface area contributed by atoms with Crippen LogP contribution >= 0.6 is 0 Å². The van der Waals surface area contributed by atoms with Crippen molar-refractivity contribution in [3.05, 3.63) is 53.2 Å². The number of hydrogen-bond donors (Lipinski definition) is 1. The van der Waals surface area contributed by atoms with E-state index in [1.54, 1.807) is 24.3 Å². The zero-order valence-corrected chi connectivity index (χ0v) is 11.6. The molecule has 0 saturated carbocycles. The molecular weight excluding hydrogens is 288 g/mol. The van der Waals surface area contributed by atoms with Gasteiger partial charge in [0.2, 0.25) is 5.88 Å². The van der Waals surface area contributed by atoms with Gasteiger partial charge in [0, 0.05) is 6.07 Å². The first kappa shape index (κ1) is 13.9. The van der Waals surface area contributed by atoms with Crippen LogP contribution < -0.4 is 9.75 Å². The van der Waals surface area contributed by atoms with Crippen LogP contribution in [0.2, 0.25) is 0 Å². The Labute approximate surface area is 125 Å². The van der Waals surface area contributed by atoms with Crippen molar-refractivity contribution in [2.45, 2.75) is 6.42 Å². The van der Waals surface area contributed by atoms with E-state index >= 15 is 0 Å². The highest BCUT2D eigenvalue weighted by atomic mass is 16.5. The molecule has 0 radical (unpaired) electrons. The molecule has 0 fully saturated rings. The lowest BCUT2D eigenvalue weighted by Gasteiger charge is -2.20. The smallest absolute Gasteiger partial charge is 0.309 e. The maximum absolute atomic E-state index is 12.5. The number of rotatable bonds is 4. The number of imide groups is 1. The number of benzene rings is 1. The maximum atomic E-state index is 12.5. The van der Waals surface area contributed by atoms with Crippen molar-refractivity contribution in [2.24, 2.45) is 0 Å². The molecule has 1 aliphatic rings. The Balaban J connectivity index is 2.13. The molecule has 7 heteroatoms. The molecule has 1 aromatic heterocycles. The Morgan fingerprint density at radius 2 is 1.68 bits per heavy atom. The van der Waals surface area contributed by atoms with E-state index in [0.29, 0.717) is 0 Å². The highest BCUT2D eigenvalue weighted by molar-refractivity contribution is 6.30. The van der Waals surface area contributed by atoms with Crippen LogP contribution in [0.15, 0.2) is 36.4 Å². The van der Waals surface area contributed by atoms with E-state index in [1.807, 2.05) is 0 Å². The van der Waals surface area contributed by atoms with Crippen LogP contribution in [0.3, 0.4) is 0 Å². The van der Waals surface area contributed by atoms with Crippen LogP contribution in [0, 0.1) is 0 Å². The number of aromatic nitrogens is 1. The fourth-order valence-corrected chi connectivity index (χ4v) is 2.48. The van der Waals surface area contributed by atoms with Crippen LogP contribution in [0.5, 0.6) is 5.88 Å². The largest absolute Gasteiger partial charge is 0.481 e. The van der Waals surface area contributed by atoms with Crippen molar-refractivity contribution in [3.63, 3.8) is 0 Å². The molecule has 0 bridgehead atoms. The van der Waals surface area contributed by atoms with E-state index in [-0.39, 0.29) is 29.1 Å². The molecule has 0 aliphatic carbocycles. The lowest BCUT2D eigenvalue weighted by Crippen LogP contribution is -2.41. The van der Waals surface area contributed by atoms with Crippen molar-refractivity contribution < 1.29 is 24.2 Å². The molecule has 1 aliphatic heterocycles. The fourth-order valence-electron chi connectivity index (χ4n) is 2.48. The quantitative estimate of drug-likeness (QED) is 0.853. The SMILES string of the molecule is COc1ccc(CC(=O)O)n1N1C(=O)c2ccccc2C1=O. The fraction of sp³-hybridized carbons (Fsp3) is 0.133. The Hall–Kier alpha value is -3.09. The number of nitrogens with zero attached hydrogens (tertiary/aromatic N) is 2. The summed E-state index contributed by atoms with van der Waals surface area (Å²) in [5.74, 6) is -1.88. The van der Waals surface area contributed by atoms with Crippen LogP contribution in [-0.4, -0.2) is 34.7 Å². The predicted octanol–water partition coefficient (Wildman–Crippen LogP) is 1.06. The van der Waals surface area contributed by atoms with E-state index in [2.05, 4.69) is 0 Å². The van der Waals surface area contributed by atoms with Crippen molar-refractivity contribution in [3.8, 4) is 5.88 Å². The van der Waals surface area contributed by atoms with Crippen LogP contribution in [0.1, 0.15) is 26.4 Å². The molecule has 0 atom stereocenters. The van der Waals surface area contributed by atoms with Gasteiger partial charge in [-0.25, -0.2) is 4.68 Å². The number of amides is 2. The van der Waals surface area contributed by atoms with Gasteiger partial charge in [0.1, 0.15) is 0 Å². The lowest BCUT2D eigenvalue weighted by molar-refractivity contribution is -0.136. The summed E-state index contributed by atoms with van der Waals surface area (Å²) in [5, 5.41) is 9.88. The van der Waals surface area contributed by atoms with E-state index in [9.17, 15) is 14.4 Å². The minimum absolute atomic E-state index is 0.214. The zero-order valence-electron chi connectivity index (χ0n) is 11.6. The normalized spacial score (nSPS) is 13.4. The number of carbonyl (C=O) groups excluding carboxylic acids is 2. The Kier molecular flexibility index (Phi) is 3.17. The Morgan fingerprint density at radius 3 is 2.18 bits per heavy atom. The van der Waals surface area contributed by atoms with E-state index in [1.165, 1.54) is 23.9 Å². The van der Waals surface area contributed by atoms with E-state index < -0.39 is 17.8 Å². The number of hydrogen-bond acceptors (Lipinski definition) is 4. The number of carboxylic acid groups (broad SMARTS) is 1. The van der Waals surface area contributed by atoms with Gasteiger partial charge in [0.05, 0.1) is 30.4 Å². The number of carbonyl (C=O) groups is 3. The summed E-state index contributed by atoms with van der Waals surface area (Å²) >= 11 is 0. The summed E-state index contributed by atoms with van der Waals surface area (Å²) in [6.07, 6.45) is -0.337. The standard InChI is InChI=1S/C15H12N2O5/c1-22-12-7-6-9(8-13(18)19)16(12)17-14(20)10-4-2-3-5-11(10)15(17)21/h2-7H,8H2,1H3,(H,18,19). The number of ether oxygens (including phenoxy) is 1. The third-order valence-corrected chi connectivity index (χ3v) is 3.41. The average Bonchev–Trinajstić information content (AvgIpc) is 2.99. The van der Waals surface area contributed by atoms with Gasteiger partial charge in [0.25, 0.3) is 11.8 Å². The third-order valence-electron chi connectivity index (χ3n) is 3.41. The molecule has 112 valence electrons. The Bertz CT molecular complexity index is 758. The summed E-state index contributed by atoms with van der Waals surface area (Å²) in [6, 6.07) is 9.47. The van der Waals surface area contributed by atoms with Gasteiger partial charge < -0.3 is 9.84 Å². The average molecular weight is 300 g/mol. The van der Waals surface area contributed by atoms with Gasteiger partial charge in [-0.3, -0.25) is 14.4 Å². The number of aliphatic carboxylic acids is 1. The molecule has 3 rings (SSSR count).